The highest BCUT2D eigenvalue weighted by molar-refractivity contribution is 6.02. The third kappa shape index (κ3) is 7.00. The fourth-order valence-corrected chi connectivity index (χ4v) is 4.07. The molecule has 3 rings (SSSR count). The van der Waals surface area contributed by atoms with Gasteiger partial charge in [-0.05, 0) is 0 Å². The molecule has 0 radical (unpaired) electrons. The number of amides is 6. The van der Waals surface area contributed by atoms with Gasteiger partial charge in [-0.1, -0.05) is 0 Å². The van der Waals surface area contributed by atoms with Crippen LogP contribution < -0.4 is 0 Å². The molecule has 3 saturated heterocycles. The molecule has 0 unspecified atom stereocenters. The fourth-order valence-electron chi connectivity index (χ4n) is 4.07. The summed E-state index contributed by atoms with van der Waals surface area (Å²) in [5.41, 5.74) is -2.20. The van der Waals surface area contributed by atoms with Crippen molar-refractivity contribution in [2.45, 2.75) is 82.6 Å². The smallest absolute Gasteiger partial charge is 0.330 e. The van der Waals surface area contributed by atoms with Crippen molar-refractivity contribution >= 4 is 53.4 Å². The SMILES string of the molecule is O=C(CCC(CCC(=O)ON1C(=O)CCC1=O)(CCC(=O)ON1C(=O)CCC1=O)[N+](=O)[O-])ON1C(=O)CCC1=O. The molecular weight excluding hydrogens is 544 g/mol. The fraction of sp³-hybridized carbons (Fsp3) is 0.591. The molecule has 3 aliphatic rings. The Bertz CT molecular complexity index is 1000. The number of hydrogen-bond acceptors (Lipinski definition) is 14. The van der Waals surface area contributed by atoms with Crippen molar-refractivity contribution in [3.63, 3.8) is 0 Å². The topological polar surface area (TPSA) is 234 Å². The molecule has 0 bridgehead atoms. The Hall–Kier alpha value is -4.77. The molecule has 18 heteroatoms. The Morgan fingerprint density at radius 3 is 1.00 bits per heavy atom. The van der Waals surface area contributed by atoms with Crippen molar-refractivity contribution in [1.82, 2.24) is 15.2 Å². The highest BCUT2D eigenvalue weighted by Crippen LogP contribution is 2.31. The van der Waals surface area contributed by atoms with Gasteiger partial charge in [0.05, 0.1) is 19.3 Å². The van der Waals surface area contributed by atoms with Gasteiger partial charge in [-0.3, -0.25) is 38.9 Å². The Labute approximate surface area is 224 Å². The monoisotopic (exact) mass is 568 g/mol. The maximum atomic E-state index is 12.3. The third-order valence-electron chi connectivity index (χ3n) is 6.37. The summed E-state index contributed by atoms with van der Waals surface area (Å²) in [6.07, 6.45) is -5.23. The van der Waals surface area contributed by atoms with Crippen LogP contribution in [0, 0.1) is 10.1 Å². The van der Waals surface area contributed by atoms with E-state index < -0.39 is 102 Å². The summed E-state index contributed by atoms with van der Waals surface area (Å²) in [5, 5.41) is 12.9. The van der Waals surface area contributed by atoms with Crippen molar-refractivity contribution < 1.29 is 62.6 Å². The predicted molar refractivity (Wildman–Crippen MR) is 119 cm³/mol. The van der Waals surface area contributed by atoms with E-state index in [1.54, 1.807) is 0 Å². The average Bonchev–Trinajstić information content (AvgIpc) is 3.51. The quantitative estimate of drug-likeness (QED) is 0.150. The molecular formula is C22H24N4O14. The number of carbonyl (C=O) groups is 9. The lowest BCUT2D eigenvalue weighted by atomic mass is 9.84. The van der Waals surface area contributed by atoms with Crippen LogP contribution in [-0.2, 0) is 57.7 Å². The highest BCUT2D eigenvalue weighted by atomic mass is 16.7. The van der Waals surface area contributed by atoms with Gasteiger partial charge in [0, 0.05) is 62.7 Å². The molecule has 0 aromatic rings. The van der Waals surface area contributed by atoms with Crippen molar-refractivity contribution in [2.24, 2.45) is 0 Å². The van der Waals surface area contributed by atoms with Crippen LogP contribution >= 0.6 is 0 Å². The average molecular weight is 568 g/mol. The largest absolute Gasteiger partial charge is 0.333 e. The summed E-state index contributed by atoms with van der Waals surface area (Å²) < 4.78 is 0. The van der Waals surface area contributed by atoms with Gasteiger partial charge < -0.3 is 14.5 Å². The van der Waals surface area contributed by atoms with E-state index in [4.69, 9.17) is 14.5 Å². The first-order valence-corrected chi connectivity index (χ1v) is 12.2. The van der Waals surface area contributed by atoms with E-state index in [0.717, 1.165) is 0 Å². The van der Waals surface area contributed by atoms with Crippen LogP contribution in [0.15, 0.2) is 0 Å². The zero-order chi connectivity index (χ0) is 29.6. The van der Waals surface area contributed by atoms with Gasteiger partial charge in [-0.15, -0.1) is 15.2 Å². The van der Waals surface area contributed by atoms with Crippen LogP contribution in [0.3, 0.4) is 0 Å². The Kier molecular flexibility index (Phi) is 9.23. The highest BCUT2D eigenvalue weighted by Gasteiger charge is 2.45. The van der Waals surface area contributed by atoms with Crippen LogP contribution in [-0.4, -0.2) is 79.0 Å². The van der Waals surface area contributed by atoms with Crippen molar-refractivity contribution in [1.29, 1.82) is 0 Å². The van der Waals surface area contributed by atoms with E-state index in [2.05, 4.69) is 0 Å². The van der Waals surface area contributed by atoms with E-state index in [0.29, 0.717) is 0 Å². The summed E-state index contributed by atoms with van der Waals surface area (Å²) in [7, 11) is 0. The normalized spacial score (nSPS) is 17.6. The summed E-state index contributed by atoms with van der Waals surface area (Å²) in [6, 6.07) is 0. The molecule has 0 saturated carbocycles. The lowest BCUT2D eigenvalue weighted by Gasteiger charge is -2.25. The van der Waals surface area contributed by atoms with Gasteiger partial charge in [0.2, 0.25) is 5.54 Å². The molecule has 0 aliphatic carbocycles. The molecule has 18 nitrogen and oxygen atoms in total. The maximum Gasteiger partial charge on any atom is 0.333 e. The molecule has 40 heavy (non-hydrogen) atoms. The van der Waals surface area contributed by atoms with E-state index in [1.807, 2.05) is 0 Å². The molecule has 3 aliphatic heterocycles. The number of nitrogens with zero attached hydrogens (tertiary/aromatic N) is 4. The van der Waals surface area contributed by atoms with Crippen molar-refractivity contribution in [3.05, 3.63) is 10.1 Å². The summed E-state index contributed by atoms with van der Waals surface area (Å²) in [4.78, 5) is 132. The predicted octanol–water partition coefficient (Wildman–Crippen LogP) is -0.836. The number of carbonyl (C=O) groups excluding carboxylic acids is 9. The Morgan fingerprint density at radius 1 is 0.575 bits per heavy atom. The number of rotatable bonds is 13. The van der Waals surface area contributed by atoms with Gasteiger partial charge >= 0.3 is 17.9 Å². The number of nitro groups is 1. The number of hydroxylamine groups is 6. The van der Waals surface area contributed by atoms with Gasteiger partial charge in [0.15, 0.2) is 0 Å². The van der Waals surface area contributed by atoms with E-state index >= 15 is 0 Å². The lowest BCUT2D eigenvalue weighted by molar-refractivity contribution is -0.573. The lowest BCUT2D eigenvalue weighted by Crippen LogP contribution is -2.42. The first kappa shape index (κ1) is 29.8. The first-order chi connectivity index (χ1) is 18.8. The molecule has 0 spiro atoms. The van der Waals surface area contributed by atoms with Gasteiger partial charge in [-0.2, -0.15) is 0 Å². The number of imide groups is 3. The van der Waals surface area contributed by atoms with E-state index in [9.17, 15) is 53.3 Å². The molecule has 3 fully saturated rings. The second-order valence-corrected chi connectivity index (χ2v) is 9.12. The minimum Gasteiger partial charge on any atom is -0.330 e. The summed E-state index contributed by atoms with van der Waals surface area (Å²) >= 11 is 0. The molecule has 0 aromatic carbocycles. The second kappa shape index (κ2) is 12.4. The van der Waals surface area contributed by atoms with E-state index in [1.165, 1.54) is 0 Å². The van der Waals surface area contributed by atoms with Crippen LogP contribution in [0.5, 0.6) is 0 Å². The van der Waals surface area contributed by atoms with Crippen LogP contribution in [0.2, 0.25) is 0 Å². The van der Waals surface area contributed by atoms with Gasteiger partial charge in [-0.25, -0.2) is 14.4 Å². The van der Waals surface area contributed by atoms with Crippen molar-refractivity contribution in [3.8, 4) is 0 Å². The Balaban J connectivity index is 1.68. The van der Waals surface area contributed by atoms with Gasteiger partial charge in [0.1, 0.15) is 0 Å². The molecule has 0 N–H and O–H groups in total. The van der Waals surface area contributed by atoms with Crippen LogP contribution in [0.25, 0.3) is 0 Å². The first-order valence-electron chi connectivity index (χ1n) is 12.2. The third-order valence-corrected chi connectivity index (χ3v) is 6.37. The minimum absolute atomic E-state index is 0.181. The zero-order valence-electron chi connectivity index (χ0n) is 21.0. The summed E-state index contributed by atoms with van der Waals surface area (Å²) in [5.74, 6) is -8.20. The van der Waals surface area contributed by atoms with E-state index in [-0.39, 0.29) is 53.7 Å². The summed E-state index contributed by atoms with van der Waals surface area (Å²) in [6.45, 7) is 0. The molecule has 6 amide bonds. The molecule has 3 heterocycles. The number of hydrogen-bond donors (Lipinski definition) is 0. The van der Waals surface area contributed by atoms with Crippen LogP contribution in [0.1, 0.15) is 77.0 Å². The zero-order valence-corrected chi connectivity index (χ0v) is 21.0. The molecule has 216 valence electrons. The molecule has 0 atom stereocenters. The van der Waals surface area contributed by atoms with Crippen molar-refractivity contribution in [2.75, 3.05) is 0 Å². The molecule has 0 aromatic heterocycles. The second-order valence-electron chi connectivity index (χ2n) is 9.12. The Morgan fingerprint density at radius 2 is 0.800 bits per heavy atom. The van der Waals surface area contributed by atoms with Gasteiger partial charge in [0.25, 0.3) is 35.4 Å². The standard InChI is InChI=1S/C22H24N4O14/c27-13-1-2-14(28)23(13)38-19(33)7-10-22(26(36)37,11-8-20(34)39-24-15(29)3-4-16(24)30)12-9-21(35)40-25-17(31)5-6-18(25)32/h1-12H2. The minimum atomic E-state index is -2.20. The maximum absolute atomic E-state index is 12.3. The van der Waals surface area contributed by atoms with Crippen LogP contribution in [0.4, 0.5) is 0 Å².